The van der Waals surface area contributed by atoms with Gasteiger partial charge in [0.25, 0.3) is 5.71 Å². The van der Waals surface area contributed by atoms with Crippen molar-refractivity contribution in [2.45, 2.75) is 0 Å². The fraction of sp³-hybridized carbons (Fsp3) is 0. The van der Waals surface area contributed by atoms with E-state index in [1.54, 1.807) is 86.9 Å². The quantitative estimate of drug-likeness (QED) is 0.0941. The number of rotatable bonds is 0. The van der Waals surface area contributed by atoms with E-state index in [-0.39, 0.29) is 0 Å². The lowest BCUT2D eigenvalue weighted by Crippen LogP contribution is -1.71. The second-order valence-corrected chi connectivity index (χ2v) is 19.4. The highest BCUT2D eigenvalue weighted by Crippen LogP contribution is 2.15. The molecule has 0 amide bonds. The standard InChI is InChI=1S/2C7H6N2.2C7H5NO.3C6H5N3.C6H4N2O.2C6H4N2S/c1-2-6-7(8-4-1)3-5-9-6;1-2-6-4-8-5-7(6)9-3-1;1-2-7-6(8-4-1)3-5-9-7;1-2-6-3-5-9-7(6)8-4-1;2*1-2-5-6(7-3-1)4-8-9-5;2*1-2-5-4-8-9-6(5)7-3-1;1-2-4-6-5(3-1)7-8-9-6;1-2-4-6-5(3-1)7-9-8-6/h1-5,9H;1-5,8H;2*1-5H;2*1-4H,(H,8,9);1-4H,(H,7,8,9);3*1-4H. The number of hydrogen-bond acceptors (Lipinski definition) is 21. The van der Waals surface area contributed by atoms with Gasteiger partial charge in [-0.2, -0.15) is 24.0 Å². The van der Waals surface area contributed by atoms with Crippen LogP contribution in [0.2, 0.25) is 0 Å². The summed E-state index contributed by atoms with van der Waals surface area (Å²) < 4.78 is 27.9. The summed E-state index contributed by atoms with van der Waals surface area (Å²) in [6, 6.07) is 52.1. The lowest BCUT2D eigenvalue weighted by molar-refractivity contribution is 0.448. The molecule has 90 heavy (non-hydrogen) atoms. The lowest BCUT2D eigenvalue weighted by Gasteiger charge is -1.82. The van der Waals surface area contributed by atoms with E-state index in [9.17, 15) is 0 Å². The average molecular weight is 1220 g/mol. The molecule has 0 saturated heterocycles. The fourth-order valence-corrected chi connectivity index (χ4v) is 8.95. The first kappa shape index (κ1) is 59.1. The summed E-state index contributed by atoms with van der Waals surface area (Å²) in [5, 5.41) is 31.5. The van der Waals surface area contributed by atoms with E-state index < -0.39 is 0 Å². The van der Waals surface area contributed by atoms with Crippen LogP contribution in [0.5, 0.6) is 0 Å². The zero-order valence-electron chi connectivity index (χ0n) is 47.1. The Morgan fingerprint density at radius 2 is 0.944 bits per heavy atom. The highest BCUT2D eigenvalue weighted by Gasteiger charge is 1.98. The molecule has 5 N–H and O–H groups in total. The van der Waals surface area contributed by atoms with Gasteiger partial charge in [0.05, 0.1) is 86.7 Å². The largest absolute Gasteiger partial charge is 0.463 e. The minimum absolute atomic E-state index is 0.595. The molecular formula is C64H49N21O3S2. The maximum Gasteiger partial charge on any atom is 0.257 e. The predicted octanol–water partition coefficient (Wildman–Crippen LogP) is 14.3. The number of pyridine rings is 8. The second kappa shape index (κ2) is 31.5. The van der Waals surface area contributed by atoms with Crippen LogP contribution in [0.1, 0.15) is 0 Å². The Kier molecular flexibility index (Phi) is 20.6. The van der Waals surface area contributed by atoms with Gasteiger partial charge in [-0.05, 0) is 145 Å². The van der Waals surface area contributed by atoms with Gasteiger partial charge in [-0.15, -0.1) is 5.10 Å². The van der Waals surface area contributed by atoms with Crippen molar-refractivity contribution in [2.75, 3.05) is 0 Å². The summed E-state index contributed by atoms with van der Waals surface area (Å²) in [5.41, 5.74) is 13.8. The smallest absolute Gasteiger partial charge is 0.257 e. The Morgan fingerprint density at radius 3 is 1.61 bits per heavy atom. The number of hydrogen-bond donors (Lipinski definition) is 5. The molecule has 24 nitrogen and oxygen atoms in total. The normalized spacial score (nSPS) is 10.2. The summed E-state index contributed by atoms with van der Waals surface area (Å²) in [5.74, 6) is 0. The van der Waals surface area contributed by atoms with Gasteiger partial charge in [0, 0.05) is 90.4 Å². The number of furan rings is 2. The van der Waals surface area contributed by atoms with Gasteiger partial charge in [0.1, 0.15) is 33.1 Å². The number of aromatic amines is 5. The molecule has 18 aromatic heterocycles. The molecule has 26 heteroatoms. The number of benzene rings is 2. The molecule has 0 radical (unpaired) electrons. The van der Waals surface area contributed by atoms with Gasteiger partial charge >= 0.3 is 0 Å². The van der Waals surface area contributed by atoms with Crippen molar-refractivity contribution in [1.82, 2.24) is 104 Å². The van der Waals surface area contributed by atoms with Gasteiger partial charge < -0.3 is 23.3 Å². The van der Waals surface area contributed by atoms with Crippen molar-refractivity contribution in [3.63, 3.8) is 0 Å². The zero-order chi connectivity index (χ0) is 61.0. The highest BCUT2D eigenvalue weighted by molar-refractivity contribution is 7.12. The molecule has 18 heterocycles. The Hall–Kier alpha value is -12.7. The van der Waals surface area contributed by atoms with Crippen molar-refractivity contribution in [2.24, 2.45) is 0 Å². The third-order valence-corrected chi connectivity index (χ3v) is 13.4. The SMILES string of the molecule is c1ccc2nsnc2c1.c1ccc2snnc2c1.c1cnc2[nH]ncc2c1.c1cnc2c[nH]cc2c1.c1cnc2cc[nH]c2c1.c1cnc2ccoc2c1.c1cnc2cn[nH]c2c1.c1cnc2cn[nH]c2c1.c1cnc2occc2c1.c1cnc2oncc2c1. The van der Waals surface area contributed by atoms with E-state index in [4.69, 9.17) is 13.4 Å². The molecule has 20 aromatic rings. The monoisotopic (exact) mass is 1220 g/mol. The van der Waals surface area contributed by atoms with Crippen molar-refractivity contribution in [3.05, 3.63) is 269 Å². The highest BCUT2D eigenvalue weighted by atomic mass is 32.1. The van der Waals surface area contributed by atoms with Crippen molar-refractivity contribution < 1.29 is 13.4 Å². The van der Waals surface area contributed by atoms with E-state index in [0.717, 1.165) is 98.2 Å². The molecule has 0 fully saturated rings. The summed E-state index contributed by atoms with van der Waals surface area (Å²) in [6.45, 7) is 0. The van der Waals surface area contributed by atoms with Gasteiger partial charge in [-0.1, -0.05) is 33.9 Å². The molecule has 20 rings (SSSR count). The minimum Gasteiger partial charge on any atom is -0.463 e. The average Bonchev–Trinajstić information content (AvgIpc) is 4.53. The Labute approximate surface area is 516 Å². The molecule has 0 unspecified atom stereocenters. The van der Waals surface area contributed by atoms with Crippen molar-refractivity contribution >= 4 is 133 Å². The fourth-order valence-electron chi connectivity index (χ4n) is 7.86. The topological polar surface area (TPSA) is 325 Å². The summed E-state index contributed by atoms with van der Waals surface area (Å²) >= 11 is 2.68. The molecule has 0 aliphatic carbocycles. The van der Waals surface area contributed by atoms with Crippen LogP contribution in [-0.2, 0) is 0 Å². The summed E-state index contributed by atoms with van der Waals surface area (Å²) in [7, 11) is 0. The Balaban J connectivity index is 0.000000103. The number of fused-ring (bicyclic) bond motifs is 10. The molecule has 0 atom stereocenters. The van der Waals surface area contributed by atoms with Gasteiger partial charge in [0.15, 0.2) is 11.2 Å². The maximum atomic E-state index is 5.06. The molecule has 0 aliphatic heterocycles. The van der Waals surface area contributed by atoms with E-state index in [1.807, 2.05) is 182 Å². The zero-order valence-corrected chi connectivity index (χ0v) is 48.7. The minimum atomic E-state index is 0.595. The van der Waals surface area contributed by atoms with Crippen LogP contribution in [0.4, 0.5) is 0 Å². The summed E-state index contributed by atoms with van der Waals surface area (Å²) in [4.78, 5) is 38.3. The van der Waals surface area contributed by atoms with Crippen LogP contribution < -0.4 is 0 Å². The molecule has 0 bridgehead atoms. The second-order valence-electron chi connectivity index (χ2n) is 18.1. The Morgan fingerprint density at radius 1 is 0.367 bits per heavy atom. The third kappa shape index (κ3) is 16.8. The van der Waals surface area contributed by atoms with Crippen LogP contribution in [0.15, 0.2) is 283 Å². The van der Waals surface area contributed by atoms with Gasteiger partial charge in [-0.3, -0.25) is 40.2 Å². The molecule has 440 valence electrons. The van der Waals surface area contributed by atoms with Gasteiger partial charge in [0.2, 0.25) is 5.71 Å². The first-order valence-corrected chi connectivity index (χ1v) is 28.7. The molecule has 2 aromatic carbocycles. The number of nitrogens with zero attached hydrogens (tertiary/aromatic N) is 16. The van der Waals surface area contributed by atoms with Crippen LogP contribution in [0, 0.1) is 0 Å². The molecule has 0 spiro atoms. The number of H-pyrrole nitrogens is 5. The molecular weight excluding hydrogens is 1170 g/mol. The Bertz CT molecular complexity index is 3940. The van der Waals surface area contributed by atoms with E-state index in [1.165, 1.54) is 23.3 Å². The maximum absolute atomic E-state index is 5.06. The van der Waals surface area contributed by atoms with E-state index in [0.29, 0.717) is 11.4 Å². The van der Waals surface area contributed by atoms with Gasteiger partial charge in [-0.25, -0.2) is 15.0 Å². The van der Waals surface area contributed by atoms with Crippen LogP contribution >= 0.6 is 23.3 Å². The van der Waals surface area contributed by atoms with Crippen molar-refractivity contribution in [3.8, 4) is 0 Å². The first-order valence-electron chi connectivity index (χ1n) is 27.2. The number of aromatic nitrogens is 21. The van der Waals surface area contributed by atoms with Crippen LogP contribution in [-0.4, -0.2) is 104 Å². The third-order valence-electron chi connectivity index (χ3n) is 12.2. The molecule has 0 aliphatic rings. The first-order chi connectivity index (χ1) is 44.7. The lowest BCUT2D eigenvalue weighted by atomic mass is 10.3. The van der Waals surface area contributed by atoms with E-state index in [2.05, 4.69) is 104 Å². The molecule has 0 saturated carbocycles. The van der Waals surface area contributed by atoms with E-state index >= 15 is 0 Å². The number of nitrogens with one attached hydrogen (secondary N) is 5. The van der Waals surface area contributed by atoms with Crippen LogP contribution in [0.3, 0.4) is 0 Å². The van der Waals surface area contributed by atoms with Crippen molar-refractivity contribution in [1.29, 1.82) is 0 Å². The van der Waals surface area contributed by atoms with Crippen LogP contribution in [0.25, 0.3) is 110 Å². The predicted molar refractivity (Wildman–Crippen MR) is 349 cm³/mol. The summed E-state index contributed by atoms with van der Waals surface area (Å²) in [6.07, 6.45) is 29.7.